The number of aromatic nitrogens is 1. The van der Waals surface area contributed by atoms with Crippen molar-refractivity contribution in [2.24, 2.45) is 0 Å². The van der Waals surface area contributed by atoms with Crippen LogP contribution >= 0.6 is 0 Å². The van der Waals surface area contributed by atoms with E-state index in [2.05, 4.69) is 4.98 Å². The molecule has 0 atom stereocenters. The van der Waals surface area contributed by atoms with Crippen LogP contribution in [0.25, 0.3) is 11.1 Å². The standard InChI is InChI=1S/C14H9NO4/c16-13(17)9-6-7-11-12(8-9)19-14(15-11)18-10-4-2-1-3-5-10/h1-8H,(H,16,17). The molecule has 0 bridgehead atoms. The lowest BCUT2D eigenvalue weighted by Gasteiger charge is -1.97. The molecule has 0 aliphatic carbocycles. The number of rotatable bonds is 3. The van der Waals surface area contributed by atoms with Gasteiger partial charge in [-0.2, -0.15) is 4.98 Å². The molecular formula is C14H9NO4. The molecule has 3 aromatic rings. The summed E-state index contributed by atoms with van der Waals surface area (Å²) >= 11 is 0. The minimum atomic E-state index is -1.01. The average molecular weight is 255 g/mol. The molecule has 94 valence electrons. The lowest BCUT2D eigenvalue weighted by Crippen LogP contribution is -1.94. The molecule has 1 N–H and O–H groups in total. The van der Waals surface area contributed by atoms with Gasteiger partial charge in [-0.25, -0.2) is 4.79 Å². The summed E-state index contributed by atoms with van der Waals surface area (Å²) in [6, 6.07) is 13.6. The van der Waals surface area contributed by atoms with Gasteiger partial charge in [0.1, 0.15) is 11.3 Å². The summed E-state index contributed by atoms with van der Waals surface area (Å²) < 4.78 is 10.8. The van der Waals surface area contributed by atoms with Crippen molar-refractivity contribution in [1.82, 2.24) is 4.98 Å². The third kappa shape index (κ3) is 2.26. The number of aromatic carboxylic acids is 1. The molecule has 0 saturated heterocycles. The first-order valence-corrected chi connectivity index (χ1v) is 5.59. The van der Waals surface area contributed by atoms with Gasteiger partial charge < -0.3 is 14.3 Å². The summed E-state index contributed by atoms with van der Waals surface area (Å²) in [6.07, 6.45) is 0.0868. The summed E-state index contributed by atoms with van der Waals surface area (Å²) in [5.74, 6) is -0.406. The molecule has 5 heteroatoms. The number of carbonyl (C=O) groups is 1. The van der Waals surface area contributed by atoms with Crippen molar-refractivity contribution in [3.05, 3.63) is 54.1 Å². The Morgan fingerprint density at radius 2 is 1.95 bits per heavy atom. The summed E-state index contributed by atoms with van der Waals surface area (Å²) in [5.41, 5.74) is 1.08. The fourth-order valence-electron chi connectivity index (χ4n) is 1.67. The van der Waals surface area contributed by atoms with Crippen LogP contribution in [0.2, 0.25) is 0 Å². The number of hydrogen-bond acceptors (Lipinski definition) is 4. The zero-order valence-electron chi connectivity index (χ0n) is 9.74. The van der Waals surface area contributed by atoms with E-state index in [9.17, 15) is 4.79 Å². The van der Waals surface area contributed by atoms with Gasteiger partial charge in [0.15, 0.2) is 5.58 Å². The van der Waals surface area contributed by atoms with Gasteiger partial charge in [0, 0.05) is 0 Å². The molecule has 19 heavy (non-hydrogen) atoms. The molecule has 0 fully saturated rings. The van der Waals surface area contributed by atoms with Crippen molar-refractivity contribution in [2.45, 2.75) is 0 Å². The lowest BCUT2D eigenvalue weighted by molar-refractivity contribution is 0.0697. The van der Waals surface area contributed by atoms with Crippen LogP contribution in [-0.2, 0) is 0 Å². The Bertz CT molecular complexity index is 734. The smallest absolute Gasteiger partial charge is 0.400 e. The topological polar surface area (TPSA) is 72.6 Å². The number of para-hydroxylation sites is 1. The van der Waals surface area contributed by atoms with E-state index in [1.807, 2.05) is 18.2 Å². The fraction of sp³-hybridized carbons (Fsp3) is 0. The first kappa shape index (κ1) is 11.3. The maximum absolute atomic E-state index is 10.8. The summed E-state index contributed by atoms with van der Waals surface area (Å²) in [5, 5.41) is 8.89. The van der Waals surface area contributed by atoms with Crippen LogP contribution in [-0.4, -0.2) is 16.1 Å². The zero-order valence-corrected chi connectivity index (χ0v) is 9.74. The quantitative estimate of drug-likeness (QED) is 0.777. The van der Waals surface area contributed by atoms with Gasteiger partial charge in [-0.1, -0.05) is 18.2 Å². The number of oxazole rings is 1. The Hall–Kier alpha value is -2.82. The van der Waals surface area contributed by atoms with E-state index >= 15 is 0 Å². The second-order valence-corrected chi connectivity index (χ2v) is 3.88. The van der Waals surface area contributed by atoms with Crippen LogP contribution in [0.4, 0.5) is 0 Å². The van der Waals surface area contributed by atoms with Crippen LogP contribution in [0.5, 0.6) is 11.8 Å². The van der Waals surface area contributed by atoms with Crippen molar-refractivity contribution in [1.29, 1.82) is 0 Å². The molecule has 1 aromatic heterocycles. The van der Waals surface area contributed by atoms with Gasteiger partial charge in [0.25, 0.3) is 0 Å². The molecule has 0 spiro atoms. The number of ether oxygens (including phenoxy) is 1. The van der Waals surface area contributed by atoms with Crippen LogP contribution in [0.1, 0.15) is 10.4 Å². The van der Waals surface area contributed by atoms with E-state index in [4.69, 9.17) is 14.3 Å². The van der Waals surface area contributed by atoms with Crippen molar-refractivity contribution in [3.8, 4) is 11.8 Å². The number of carboxylic acids is 1. The first-order valence-electron chi connectivity index (χ1n) is 5.59. The second kappa shape index (κ2) is 4.45. The second-order valence-electron chi connectivity index (χ2n) is 3.88. The van der Waals surface area contributed by atoms with E-state index in [1.165, 1.54) is 12.1 Å². The molecular weight excluding hydrogens is 246 g/mol. The first-order chi connectivity index (χ1) is 9.22. The molecule has 3 rings (SSSR count). The van der Waals surface area contributed by atoms with Crippen LogP contribution < -0.4 is 4.74 Å². The van der Waals surface area contributed by atoms with Gasteiger partial charge in [0.05, 0.1) is 5.56 Å². The normalized spacial score (nSPS) is 10.5. The summed E-state index contributed by atoms with van der Waals surface area (Å²) in [4.78, 5) is 15.0. The molecule has 0 saturated carbocycles. The minimum Gasteiger partial charge on any atom is -0.478 e. The molecule has 0 unspecified atom stereocenters. The predicted octanol–water partition coefficient (Wildman–Crippen LogP) is 3.32. The Balaban J connectivity index is 1.95. The predicted molar refractivity (Wildman–Crippen MR) is 67.5 cm³/mol. The van der Waals surface area contributed by atoms with Crippen LogP contribution in [0.15, 0.2) is 52.9 Å². The van der Waals surface area contributed by atoms with Gasteiger partial charge in [-0.3, -0.25) is 0 Å². The van der Waals surface area contributed by atoms with Crippen molar-refractivity contribution in [3.63, 3.8) is 0 Å². The minimum absolute atomic E-state index is 0.0868. The molecule has 0 radical (unpaired) electrons. The number of nitrogens with zero attached hydrogens (tertiary/aromatic N) is 1. The van der Waals surface area contributed by atoms with Gasteiger partial charge in [0.2, 0.25) is 0 Å². The van der Waals surface area contributed by atoms with Crippen LogP contribution in [0.3, 0.4) is 0 Å². The molecule has 0 amide bonds. The van der Waals surface area contributed by atoms with Crippen molar-refractivity contribution in [2.75, 3.05) is 0 Å². The Morgan fingerprint density at radius 1 is 1.16 bits per heavy atom. The lowest BCUT2D eigenvalue weighted by atomic mass is 10.2. The Labute approximate surface area is 108 Å². The number of carboxylic acid groups (broad SMARTS) is 1. The molecule has 1 heterocycles. The van der Waals surface area contributed by atoms with Crippen molar-refractivity contribution < 1.29 is 19.1 Å². The maximum Gasteiger partial charge on any atom is 0.400 e. The number of benzene rings is 2. The van der Waals surface area contributed by atoms with Gasteiger partial charge in [-0.15, -0.1) is 0 Å². The van der Waals surface area contributed by atoms with E-state index < -0.39 is 5.97 Å². The van der Waals surface area contributed by atoms with Crippen LogP contribution in [0, 0.1) is 0 Å². The van der Waals surface area contributed by atoms with Crippen molar-refractivity contribution >= 4 is 17.1 Å². The van der Waals surface area contributed by atoms with E-state index in [-0.39, 0.29) is 11.6 Å². The molecule has 0 aliphatic rings. The largest absolute Gasteiger partial charge is 0.478 e. The van der Waals surface area contributed by atoms with Gasteiger partial charge >= 0.3 is 12.0 Å². The van der Waals surface area contributed by atoms with E-state index in [0.29, 0.717) is 16.8 Å². The molecule has 2 aromatic carbocycles. The van der Waals surface area contributed by atoms with Gasteiger partial charge in [-0.05, 0) is 30.3 Å². The average Bonchev–Trinajstić information content (AvgIpc) is 2.80. The third-order valence-corrected chi connectivity index (χ3v) is 2.56. The summed E-state index contributed by atoms with van der Waals surface area (Å²) in [7, 11) is 0. The maximum atomic E-state index is 10.8. The highest BCUT2D eigenvalue weighted by Gasteiger charge is 2.11. The SMILES string of the molecule is O=C(O)c1ccc2nc(Oc3ccccc3)oc2c1. The third-order valence-electron chi connectivity index (χ3n) is 2.56. The van der Waals surface area contributed by atoms with E-state index in [1.54, 1.807) is 18.2 Å². The molecule has 0 aliphatic heterocycles. The Morgan fingerprint density at radius 3 is 2.68 bits per heavy atom. The fourth-order valence-corrected chi connectivity index (χ4v) is 1.67. The number of hydrogen-bond donors (Lipinski definition) is 1. The van der Waals surface area contributed by atoms with E-state index in [0.717, 1.165) is 0 Å². The Kier molecular flexibility index (Phi) is 2.64. The number of fused-ring (bicyclic) bond motifs is 1. The highest BCUT2D eigenvalue weighted by Crippen LogP contribution is 2.25. The summed E-state index contributed by atoms with van der Waals surface area (Å²) in [6.45, 7) is 0. The monoisotopic (exact) mass is 255 g/mol. The molecule has 5 nitrogen and oxygen atoms in total. The highest BCUT2D eigenvalue weighted by molar-refractivity contribution is 5.91. The zero-order chi connectivity index (χ0) is 13.2. The highest BCUT2D eigenvalue weighted by atomic mass is 16.6.